The minimum absolute atomic E-state index is 0.0447. The van der Waals surface area contributed by atoms with E-state index < -0.39 is 0 Å². The Hall–Kier alpha value is -1.10. The van der Waals surface area contributed by atoms with Gasteiger partial charge in [0.1, 0.15) is 0 Å². The molecule has 2 fully saturated rings. The molecule has 0 aromatic rings. The van der Waals surface area contributed by atoms with Crippen LogP contribution in [0.5, 0.6) is 0 Å². The molecule has 1 saturated heterocycles. The van der Waals surface area contributed by atoms with E-state index in [-0.39, 0.29) is 30.4 Å². The Bertz CT molecular complexity index is 353. The van der Waals surface area contributed by atoms with E-state index in [0.717, 1.165) is 19.3 Å². The molecule has 2 N–H and O–H groups in total. The van der Waals surface area contributed by atoms with Gasteiger partial charge < -0.3 is 15.3 Å². The van der Waals surface area contributed by atoms with Crippen LogP contribution in [0, 0.1) is 11.8 Å². The largest absolute Gasteiger partial charge is 0.394 e. The van der Waals surface area contributed by atoms with Crippen molar-refractivity contribution in [1.29, 1.82) is 0 Å². The van der Waals surface area contributed by atoms with Gasteiger partial charge in [-0.05, 0) is 25.2 Å². The van der Waals surface area contributed by atoms with Crippen molar-refractivity contribution < 1.29 is 14.7 Å². The van der Waals surface area contributed by atoms with Crippen molar-refractivity contribution in [3.63, 3.8) is 0 Å². The summed E-state index contributed by atoms with van der Waals surface area (Å²) in [6, 6.07) is 0.187. The predicted molar refractivity (Wildman–Crippen MR) is 71.3 cm³/mol. The van der Waals surface area contributed by atoms with Crippen LogP contribution >= 0.6 is 0 Å². The number of hydrogen-bond donors (Lipinski definition) is 2. The monoisotopic (exact) mass is 268 g/mol. The highest BCUT2D eigenvalue weighted by atomic mass is 16.3. The normalized spacial score (nSPS) is 24.9. The lowest BCUT2D eigenvalue weighted by Gasteiger charge is -2.20. The molecule has 1 saturated carbocycles. The number of carbonyl (C=O) groups is 2. The molecular formula is C14H24N2O3. The molecule has 108 valence electrons. The maximum absolute atomic E-state index is 12.1. The van der Waals surface area contributed by atoms with Crippen molar-refractivity contribution in [3.8, 4) is 0 Å². The third kappa shape index (κ3) is 3.69. The van der Waals surface area contributed by atoms with E-state index in [1.807, 2.05) is 4.90 Å². The zero-order chi connectivity index (χ0) is 14.0. The molecule has 1 heterocycles. The van der Waals surface area contributed by atoms with Crippen molar-refractivity contribution in [2.75, 3.05) is 13.2 Å². The average molecular weight is 268 g/mol. The molecule has 0 radical (unpaired) electrons. The molecule has 2 unspecified atom stereocenters. The van der Waals surface area contributed by atoms with Crippen molar-refractivity contribution in [2.45, 2.75) is 51.6 Å². The van der Waals surface area contributed by atoms with Gasteiger partial charge in [-0.3, -0.25) is 9.59 Å². The van der Waals surface area contributed by atoms with Gasteiger partial charge in [0.05, 0.1) is 18.6 Å². The van der Waals surface area contributed by atoms with E-state index in [1.54, 1.807) is 0 Å². The number of likely N-dealkylation sites (tertiary alicyclic amines) is 1. The summed E-state index contributed by atoms with van der Waals surface area (Å²) in [6.07, 6.45) is 3.23. The molecule has 1 aliphatic heterocycles. The number of nitrogens with one attached hydrogen (secondary N) is 1. The molecule has 0 spiro atoms. The first-order valence-corrected chi connectivity index (χ1v) is 7.22. The summed E-state index contributed by atoms with van der Waals surface area (Å²) in [6.45, 7) is 4.62. The molecular weight excluding hydrogens is 244 g/mol. The van der Waals surface area contributed by atoms with Gasteiger partial charge in [0.25, 0.3) is 0 Å². The molecule has 2 atom stereocenters. The lowest BCUT2D eigenvalue weighted by molar-refractivity contribution is -0.129. The van der Waals surface area contributed by atoms with E-state index in [1.165, 1.54) is 0 Å². The highest BCUT2D eigenvalue weighted by Gasteiger charge is 2.41. The van der Waals surface area contributed by atoms with Crippen LogP contribution in [0.25, 0.3) is 0 Å². The lowest BCUT2D eigenvalue weighted by Crippen LogP contribution is -2.42. The van der Waals surface area contributed by atoms with Crippen molar-refractivity contribution in [2.24, 2.45) is 11.8 Å². The minimum atomic E-state index is -0.241. The number of rotatable bonds is 6. The van der Waals surface area contributed by atoms with Gasteiger partial charge in [-0.15, -0.1) is 0 Å². The van der Waals surface area contributed by atoms with Crippen molar-refractivity contribution in [3.05, 3.63) is 0 Å². The fourth-order valence-corrected chi connectivity index (χ4v) is 2.71. The molecule has 2 rings (SSSR count). The average Bonchev–Trinajstić information content (AvgIpc) is 3.11. The fraction of sp³-hybridized carbons (Fsp3) is 0.857. The molecule has 0 bridgehead atoms. The predicted octanol–water partition coefficient (Wildman–Crippen LogP) is 0.520. The van der Waals surface area contributed by atoms with Gasteiger partial charge in [0.15, 0.2) is 0 Å². The number of aliphatic hydroxyl groups excluding tert-OH is 1. The number of aliphatic hydroxyl groups is 1. The molecule has 0 aromatic heterocycles. The van der Waals surface area contributed by atoms with Crippen LogP contribution in [-0.2, 0) is 9.59 Å². The van der Waals surface area contributed by atoms with E-state index in [9.17, 15) is 14.7 Å². The standard InChI is InChI=1S/C14H24N2O3/c1-9(2)5-11(8-17)15-14(19)10-6-13(18)16(7-10)12-3-4-12/h9-12,17H,3-8H2,1-2H3,(H,15,19). The first-order valence-electron chi connectivity index (χ1n) is 7.22. The summed E-state index contributed by atoms with van der Waals surface area (Å²) < 4.78 is 0. The quantitative estimate of drug-likeness (QED) is 0.738. The van der Waals surface area contributed by atoms with E-state index in [0.29, 0.717) is 24.9 Å². The maximum Gasteiger partial charge on any atom is 0.225 e. The number of carbonyl (C=O) groups excluding carboxylic acids is 2. The van der Waals surface area contributed by atoms with Crippen molar-refractivity contribution >= 4 is 11.8 Å². The highest BCUT2D eigenvalue weighted by Crippen LogP contribution is 2.32. The zero-order valence-corrected chi connectivity index (χ0v) is 11.8. The molecule has 2 amide bonds. The lowest BCUT2D eigenvalue weighted by atomic mass is 10.0. The third-order valence-electron chi connectivity index (χ3n) is 3.84. The Kier molecular flexibility index (Phi) is 4.45. The Balaban J connectivity index is 1.84. The molecule has 1 aliphatic carbocycles. The SMILES string of the molecule is CC(C)CC(CO)NC(=O)C1CC(=O)N(C2CC2)C1. The fourth-order valence-electron chi connectivity index (χ4n) is 2.71. The molecule has 0 aromatic carbocycles. The molecule has 5 heteroatoms. The third-order valence-corrected chi connectivity index (χ3v) is 3.84. The molecule has 5 nitrogen and oxygen atoms in total. The summed E-state index contributed by atoms with van der Waals surface area (Å²) in [5.41, 5.74) is 0. The van der Waals surface area contributed by atoms with E-state index in [4.69, 9.17) is 0 Å². The Morgan fingerprint density at radius 3 is 2.68 bits per heavy atom. The van der Waals surface area contributed by atoms with Crippen LogP contribution in [0.1, 0.15) is 39.5 Å². The van der Waals surface area contributed by atoms with Gasteiger partial charge in [0, 0.05) is 19.0 Å². The summed E-state index contributed by atoms with van der Waals surface area (Å²) in [5, 5.41) is 12.1. The second kappa shape index (κ2) is 5.90. The van der Waals surface area contributed by atoms with Crippen LogP contribution in [0.15, 0.2) is 0 Å². The second-order valence-corrected chi connectivity index (χ2v) is 6.20. The van der Waals surface area contributed by atoms with Crippen LogP contribution in [0.4, 0.5) is 0 Å². The van der Waals surface area contributed by atoms with Crippen LogP contribution in [0.2, 0.25) is 0 Å². The Morgan fingerprint density at radius 2 is 2.16 bits per heavy atom. The smallest absolute Gasteiger partial charge is 0.225 e. The van der Waals surface area contributed by atoms with Crippen LogP contribution in [0.3, 0.4) is 0 Å². The van der Waals surface area contributed by atoms with Gasteiger partial charge >= 0.3 is 0 Å². The van der Waals surface area contributed by atoms with E-state index in [2.05, 4.69) is 19.2 Å². The van der Waals surface area contributed by atoms with Gasteiger partial charge in [-0.2, -0.15) is 0 Å². The summed E-state index contributed by atoms with van der Waals surface area (Å²) in [4.78, 5) is 25.8. The number of amides is 2. The topological polar surface area (TPSA) is 69.6 Å². The van der Waals surface area contributed by atoms with E-state index >= 15 is 0 Å². The summed E-state index contributed by atoms with van der Waals surface area (Å²) in [5.74, 6) is 0.197. The number of nitrogens with zero attached hydrogens (tertiary/aromatic N) is 1. The van der Waals surface area contributed by atoms with Gasteiger partial charge in [-0.25, -0.2) is 0 Å². The first kappa shape index (κ1) is 14.3. The molecule has 19 heavy (non-hydrogen) atoms. The van der Waals surface area contributed by atoms with Crippen molar-refractivity contribution in [1.82, 2.24) is 10.2 Å². The zero-order valence-electron chi connectivity index (χ0n) is 11.8. The second-order valence-electron chi connectivity index (χ2n) is 6.20. The first-order chi connectivity index (χ1) is 9.01. The summed E-state index contributed by atoms with van der Waals surface area (Å²) >= 11 is 0. The maximum atomic E-state index is 12.1. The Morgan fingerprint density at radius 1 is 1.47 bits per heavy atom. The van der Waals surface area contributed by atoms with Gasteiger partial charge in [0.2, 0.25) is 11.8 Å². The highest BCUT2D eigenvalue weighted by molar-refractivity contribution is 5.89. The number of hydrogen-bond acceptors (Lipinski definition) is 3. The van der Waals surface area contributed by atoms with Crippen LogP contribution in [-0.4, -0.2) is 47.1 Å². The minimum Gasteiger partial charge on any atom is -0.394 e. The van der Waals surface area contributed by atoms with Gasteiger partial charge in [-0.1, -0.05) is 13.8 Å². The van der Waals surface area contributed by atoms with Crippen LogP contribution < -0.4 is 5.32 Å². The Labute approximate surface area is 114 Å². The summed E-state index contributed by atoms with van der Waals surface area (Å²) in [7, 11) is 0. The molecule has 2 aliphatic rings.